The second-order valence-electron chi connectivity index (χ2n) is 15.0. The van der Waals surface area contributed by atoms with Crippen LogP contribution in [0.5, 0.6) is 0 Å². The third kappa shape index (κ3) is 4.59. The van der Waals surface area contributed by atoms with E-state index in [1.165, 1.54) is 33.0 Å². The lowest BCUT2D eigenvalue weighted by Crippen LogP contribution is -2.55. The van der Waals surface area contributed by atoms with Crippen molar-refractivity contribution in [3.05, 3.63) is 186 Å². The van der Waals surface area contributed by atoms with Crippen molar-refractivity contribution in [1.82, 2.24) is 0 Å². The number of furan rings is 1. The molecule has 1 aliphatic rings. The number of rotatable bonds is 5. The predicted molar refractivity (Wildman–Crippen MR) is 244 cm³/mol. The van der Waals surface area contributed by atoms with Gasteiger partial charge in [0, 0.05) is 16.3 Å². The van der Waals surface area contributed by atoms with Crippen molar-refractivity contribution in [2.24, 2.45) is 0 Å². The van der Waals surface area contributed by atoms with E-state index < -0.39 is 5.41 Å². The molecule has 0 saturated carbocycles. The molecule has 0 atom stereocenters. The Morgan fingerprint density at radius 3 is 1.39 bits per heavy atom. The zero-order valence-electron chi connectivity index (χ0n) is 30.9. The molecule has 0 saturated heterocycles. The van der Waals surface area contributed by atoms with Crippen molar-refractivity contribution in [3.63, 3.8) is 0 Å². The maximum absolute atomic E-state index is 6.81. The lowest BCUT2D eigenvalue weighted by Gasteiger charge is -2.34. The van der Waals surface area contributed by atoms with E-state index in [0.29, 0.717) is 16.5 Å². The monoisotopic (exact) mass is 710 g/mol. The van der Waals surface area contributed by atoms with Crippen molar-refractivity contribution in [2.45, 2.75) is 5.41 Å². The van der Waals surface area contributed by atoms with E-state index in [2.05, 4.69) is 152 Å². The summed E-state index contributed by atoms with van der Waals surface area (Å²) >= 11 is 0. The first-order valence-electron chi connectivity index (χ1n) is 19.1. The Morgan fingerprint density at radius 2 is 0.825 bits per heavy atom. The molecule has 57 heavy (non-hydrogen) atoms. The zero-order valence-corrected chi connectivity index (χ0v) is 30.9. The summed E-state index contributed by atoms with van der Waals surface area (Å²) in [5.41, 5.74) is 13.3. The molecule has 0 unspecified atom stereocenters. The van der Waals surface area contributed by atoms with Crippen molar-refractivity contribution in [1.29, 1.82) is 0 Å². The second-order valence-corrected chi connectivity index (χ2v) is 15.0. The molecule has 6 heteroatoms. The Morgan fingerprint density at radius 1 is 0.351 bits per heavy atom. The Bertz CT molecular complexity index is 3150. The minimum atomic E-state index is -0.475. The first-order valence-corrected chi connectivity index (χ1v) is 19.1. The molecule has 1 aromatic heterocycles. The van der Waals surface area contributed by atoms with Gasteiger partial charge in [0.05, 0.1) is 5.41 Å². The third-order valence-electron chi connectivity index (χ3n) is 12.2. The van der Waals surface area contributed by atoms with Crippen molar-refractivity contribution in [3.8, 4) is 33.4 Å². The van der Waals surface area contributed by atoms with Gasteiger partial charge in [0.2, 0.25) is 0 Å². The standard InChI is InChI=1S/C51H27B5O/c52-45-44(46(53)48(55)49(56)47(45)54)41-35-18-9-7-16-33(35)40(34-17-8-10-19-36(34)41)29-24-22-28(23-25-29)32-26-27-38-43-42-37(20-11-21-39(42)57-50(32)43)51(38,30-12-3-1-4-13-30)31-14-5-2-6-15-31/h1-27H. The SMILES string of the molecule is [B]c1c([B])c([B])c(-c2c3ccccc3c(-c3ccc(-c4ccc5c6c4oc4cccc(c46)C5(c4ccccc4)c4ccccc4)cc3)c3ccccc23)c([B])c1[B]. The van der Waals surface area contributed by atoms with E-state index in [1.54, 1.807) is 0 Å². The molecule has 0 bridgehead atoms. The normalized spacial score (nSPS) is 13.1. The van der Waals surface area contributed by atoms with E-state index >= 15 is 0 Å². The second kappa shape index (κ2) is 12.6. The molecule has 10 aromatic rings. The van der Waals surface area contributed by atoms with E-state index in [1.807, 2.05) is 12.1 Å². The van der Waals surface area contributed by atoms with E-state index in [9.17, 15) is 0 Å². The highest BCUT2D eigenvalue weighted by molar-refractivity contribution is 6.69. The summed E-state index contributed by atoms with van der Waals surface area (Å²) in [6.45, 7) is 0. The Kier molecular flexibility index (Phi) is 7.48. The predicted octanol–water partition coefficient (Wildman–Crippen LogP) is 7.56. The Hall–Kier alpha value is -6.38. The summed E-state index contributed by atoms with van der Waals surface area (Å²) in [6, 6.07) is 58.2. The molecule has 0 aliphatic heterocycles. The highest BCUT2D eigenvalue weighted by Crippen LogP contribution is 2.58. The molecule has 252 valence electrons. The Labute approximate surface area is 337 Å². The summed E-state index contributed by atoms with van der Waals surface area (Å²) in [7, 11) is 32.4. The van der Waals surface area contributed by atoms with Crippen LogP contribution in [0.3, 0.4) is 0 Å². The molecular weight excluding hydrogens is 683 g/mol. The van der Waals surface area contributed by atoms with Crippen LogP contribution in [0.4, 0.5) is 0 Å². The van der Waals surface area contributed by atoms with Crippen LogP contribution in [-0.2, 0) is 5.41 Å². The maximum Gasteiger partial charge on any atom is 0.143 e. The molecule has 0 spiro atoms. The maximum atomic E-state index is 6.81. The molecule has 11 rings (SSSR count). The minimum absolute atomic E-state index is 0.197. The van der Waals surface area contributed by atoms with Gasteiger partial charge in [-0.1, -0.05) is 169 Å². The molecule has 1 heterocycles. The van der Waals surface area contributed by atoms with Crippen LogP contribution in [0.2, 0.25) is 0 Å². The topological polar surface area (TPSA) is 13.1 Å². The van der Waals surface area contributed by atoms with E-state index in [4.69, 9.17) is 43.6 Å². The molecule has 0 N–H and O–H groups in total. The molecule has 1 nitrogen and oxygen atoms in total. The highest BCUT2D eigenvalue weighted by atomic mass is 16.3. The van der Waals surface area contributed by atoms with Gasteiger partial charge in [-0.3, -0.25) is 0 Å². The van der Waals surface area contributed by atoms with Crippen molar-refractivity contribution >= 4 is 110 Å². The van der Waals surface area contributed by atoms with Gasteiger partial charge < -0.3 is 4.42 Å². The van der Waals surface area contributed by atoms with Crippen LogP contribution in [0.15, 0.2) is 168 Å². The van der Waals surface area contributed by atoms with Crippen LogP contribution in [0.25, 0.3) is 76.9 Å². The number of benzene rings is 9. The third-order valence-corrected chi connectivity index (χ3v) is 12.2. The van der Waals surface area contributed by atoms with Gasteiger partial charge in [-0.05, 0) is 77.7 Å². The summed E-state index contributed by atoms with van der Waals surface area (Å²) in [5, 5.41) is 6.40. The van der Waals surface area contributed by atoms with Gasteiger partial charge in [-0.15, -0.1) is 16.4 Å². The van der Waals surface area contributed by atoms with Crippen LogP contribution >= 0.6 is 0 Å². The van der Waals surface area contributed by atoms with Crippen LogP contribution in [0.1, 0.15) is 22.3 Å². The first-order chi connectivity index (χ1) is 27.9. The molecule has 1 aliphatic carbocycles. The van der Waals surface area contributed by atoms with Gasteiger partial charge in [0.25, 0.3) is 0 Å². The number of fused-ring (bicyclic) bond motifs is 2. The largest absolute Gasteiger partial charge is 0.455 e. The van der Waals surface area contributed by atoms with Crippen LogP contribution in [0, 0.1) is 0 Å². The average Bonchev–Trinajstić information content (AvgIpc) is 3.81. The minimum Gasteiger partial charge on any atom is -0.455 e. The highest BCUT2D eigenvalue weighted by Gasteiger charge is 2.46. The smallest absolute Gasteiger partial charge is 0.143 e. The lowest BCUT2D eigenvalue weighted by atomic mass is 9.59. The lowest BCUT2D eigenvalue weighted by molar-refractivity contribution is 0.664. The number of hydrogen-bond acceptors (Lipinski definition) is 1. The van der Waals surface area contributed by atoms with Crippen LogP contribution in [-0.4, -0.2) is 39.2 Å². The van der Waals surface area contributed by atoms with Crippen LogP contribution < -0.4 is 27.3 Å². The number of hydrogen-bond donors (Lipinski definition) is 0. The van der Waals surface area contributed by atoms with E-state index in [-0.39, 0.29) is 16.4 Å². The zero-order chi connectivity index (χ0) is 38.6. The summed E-state index contributed by atoms with van der Waals surface area (Å²) in [6.07, 6.45) is 0. The molecule has 0 amide bonds. The Balaban J connectivity index is 1.11. The summed E-state index contributed by atoms with van der Waals surface area (Å²) in [4.78, 5) is 0. The first kappa shape index (κ1) is 33.9. The molecule has 0 fully saturated rings. The van der Waals surface area contributed by atoms with Crippen molar-refractivity contribution < 1.29 is 4.42 Å². The quantitative estimate of drug-likeness (QED) is 0.133. The van der Waals surface area contributed by atoms with Gasteiger partial charge in [-0.2, -0.15) is 0 Å². The average molecular weight is 710 g/mol. The van der Waals surface area contributed by atoms with Crippen molar-refractivity contribution in [2.75, 3.05) is 0 Å². The molecule has 9 aromatic carbocycles. The summed E-state index contributed by atoms with van der Waals surface area (Å²) < 4.78 is 6.81. The van der Waals surface area contributed by atoms with Gasteiger partial charge >= 0.3 is 0 Å². The fourth-order valence-corrected chi connectivity index (χ4v) is 9.73. The molecule has 10 radical (unpaired) electrons. The van der Waals surface area contributed by atoms with Gasteiger partial charge in [0.1, 0.15) is 50.4 Å². The summed E-state index contributed by atoms with van der Waals surface area (Å²) in [5.74, 6) is 0. The van der Waals surface area contributed by atoms with E-state index in [0.717, 1.165) is 60.5 Å². The fourth-order valence-electron chi connectivity index (χ4n) is 9.73. The molecular formula is C51H27B5O. The van der Waals surface area contributed by atoms with Gasteiger partial charge in [-0.25, -0.2) is 0 Å². The van der Waals surface area contributed by atoms with Gasteiger partial charge in [0.15, 0.2) is 0 Å². The fraction of sp³-hybridized carbons (Fsp3) is 0.0196.